The van der Waals surface area contributed by atoms with E-state index < -0.39 is 11.9 Å². The molecule has 1 amide bonds. The van der Waals surface area contributed by atoms with Gasteiger partial charge in [-0.25, -0.2) is 9.97 Å². The van der Waals surface area contributed by atoms with Crippen LogP contribution in [0.15, 0.2) is 6.20 Å². The second kappa shape index (κ2) is 7.19. The summed E-state index contributed by atoms with van der Waals surface area (Å²) >= 11 is 5.98. The lowest BCUT2D eigenvalue weighted by atomic mass is 10.2. The topological polar surface area (TPSA) is 72.4 Å². The molecule has 1 heterocycles. The Morgan fingerprint density at radius 3 is 2.60 bits per heavy atom. The van der Waals surface area contributed by atoms with Crippen LogP contribution in [0, 0.1) is 0 Å². The van der Waals surface area contributed by atoms with Gasteiger partial charge in [0.25, 0.3) is 5.91 Å². The number of halogens is 1. The number of carbonyl (C=O) groups excluding carboxylic acids is 2. The van der Waals surface area contributed by atoms with E-state index >= 15 is 0 Å². The van der Waals surface area contributed by atoms with Gasteiger partial charge >= 0.3 is 5.97 Å². The van der Waals surface area contributed by atoms with Gasteiger partial charge in [0.2, 0.25) is 0 Å². The number of hydrogen-bond donors (Lipinski definition) is 0. The summed E-state index contributed by atoms with van der Waals surface area (Å²) < 4.78 is 4.56. The highest BCUT2D eigenvalue weighted by molar-refractivity contribution is 6.33. The molecule has 0 saturated heterocycles. The summed E-state index contributed by atoms with van der Waals surface area (Å²) in [5.41, 5.74) is 0.108. The number of ether oxygens (including phenoxy) is 1. The number of likely N-dealkylation sites (N-methyl/N-ethyl adjacent to an activating group) is 1. The lowest BCUT2D eigenvalue weighted by Crippen LogP contribution is -2.36. The van der Waals surface area contributed by atoms with Crippen molar-refractivity contribution in [2.45, 2.75) is 26.7 Å². The Morgan fingerprint density at radius 1 is 1.45 bits per heavy atom. The van der Waals surface area contributed by atoms with E-state index in [0.29, 0.717) is 12.4 Å². The van der Waals surface area contributed by atoms with Crippen LogP contribution >= 0.6 is 11.6 Å². The fourth-order valence-electron chi connectivity index (χ4n) is 1.51. The highest BCUT2D eigenvalue weighted by atomic mass is 35.5. The molecule has 0 atom stereocenters. The first-order valence-electron chi connectivity index (χ1n) is 6.29. The van der Waals surface area contributed by atoms with Crippen LogP contribution in [0.25, 0.3) is 0 Å². The van der Waals surface area contributed by atoms with Crippen LogP contribution < -0.4 is 0 Å². The van der Waals surface area contributed by atoms with Crippen molar-refractivity contribution in [3.8, 4) is 0 Å². The third kappa shape index (κ3) is 3.90. The molecule has 0 fully saturated rings. The molecule has 0 N–H and O–H groups in total. The summed E-state index contributed by atoms with van der Waals surface area (Å²) in [5.74, 6) is -0.289. The summed E-state index contributed by atoms with van der Waals surface area (Å²) in [4.78, 5) is 33.3. The average molecular weight is 300 g/mol. The molecule has 0 unspecified atom stereocenters. The third-order valence-electron chi connectivity index (χ3n) is 2.70. The summed E-state index contributed by atoms with van der Waals surface area (Å²) in [6, 6.07) is 0. The van der Waals surface area contributed by atoms with Gasteiger partial charge in [0.05, 0.1) is 18.3 Å². The maximum atomic E-state index is 12.4. The molecule has 1 aromatic rings. The molecule has 1 rings (SSSR count). The summed E-state index contributed by atoms with van der Waals surface area (Å²) in [6.45, 7) is 5.82. The van der Waals surface area contributed by atoms with E-state index in [9.17, 15) is 9.59 Å². The Morgan fingerprint density at radius 2 is 2.10 bits per heavy atom. The lowest BCUT2D eigenvalue weighted by Gasteiger charge is -2.19. The molecule has 20 heavy (non-hydrogen) atoms. The first-order chi connectivity index (χ1) is 9.40. The molecule has 1 aromatic heterocycles. The van der Waals surface area contributed by atoms with Crippen LogP contribution in [0.3, 0.4) is 0 Å². The standard InChI is InChI=1S/C13H18ClN3O3/c1-5-17(7-10(18)20-4)13(19)11-9(14)6-15-12(16-11)8(2)3/h6,8H,5,7H2,1-4H3. The van der Waals surface area contributed by atoms with Crippen molar-refractivity contribution in [1.82, 2.24) is 14.9 Å². The highest BCUT2D eigenvalue weighted by Gasteiger charge is 2.22. The monoisotopic (exact) mass is 299 g/mol. The van der Waals surface area contributed by atoms with Gasteiger partial charge in [-0.05, 0) is 6.92 Å². The first kappa shape index (κ1) is 16.4. The van der Waals surface area contributed by atoms with Gasteiger partial charge in [-0.3, -0.25) is 9.59 Å². The molecule has 0 saturated carbocycles. The van der Waals surface area contributed by atoms with E-state index in [1.54, 1.807) is 6.92 Å². The molecule has 110 valence electrons. The molecule has 0 spiro atoms. The van der Waals surface area contributed by atoms with Crippen molar-refractivity contribution in [2.24, 2.45) is 0 Å². The molecule has 6 nitrogen and oxygen atoms in total. The van der Waals surface area contributed by atoms with E-state index in [1.807, 2.05) is 13.8 Å². The predicted molar refractivity (Wildman–Crippen MR) is 74.7 cm³/mol. The summed E-state index contributed by atoms with van der Waals surface area (Å²) in [5, 5.41) is 0.169. The number of hydrogen-bond acceptors (Lipinski definition) is 5. The maximum Gasteiger partial charge on any atom is 0.325 e. The van der Waals surface area contributed by atoms with Crippen molar-refractivity contribution in [3.63, 3.8) is 0 Å². The van der Waals surface area contributed by atoms with Gasteiger partial charge in [-0.15, -0.1) is 0 Å². The van der Waals surface area contributed by atoms with E-state index in [2.05, 4.69) is 14.7 Å². The summed E-state index contributed by atoms with van der Waals surface area (Å²) in [7, 11) is 1.27. The van der Waals surface area contributed by atoms with Gasteiger partial charge < -0.3 is 9.64 Å². The number of aromatic nitrogens is 2. The zero-order valence-corrected chi connectivity index (χ0v) is 12.8. The van der Waals surface area contributed by atoms with Gasteiger partial charge in [-0.1, -0.05) is 25.4 Å². The zero-order valence-electron chi connectivity index (χ0n) is 12.0. The molecule has 0 aliphatic carbocycles. The average Bonchev–Trinajstić information content (AvgIpc) is 2.43. The Bertz CT molecular complexity index is 506. The van der Waals surface area contributed by atoms with Gasteiger partial charge in [-0.2, -0.15) is 0 Å². The smallest absolute Gasteiger partial charge is 0.325 e. The molecule has 0 aliphatic heterocycles. The number of esters is 1. The van der Waals surface area contributed by atoms with Crippen LogP contribution in [0.4, 0.5) is 0 Å². The fourth-order valence-corrected chi connectivity index (χ4v) is 1.68. The number of nitrogens with zero attached hydrogens (tertiary/aromatic N) is 3. The van der Waals surface area contributed by atoms with Gasteiger partial charge in [0.1, 0.15) is 12.4 Å². The van der Waals surface area contributed by atoms with E-state index in [0.717, 1.165) is 0 Å². The van der Waals surface area contributed by atoms with Crippen molar-refractivity contribution in [2.75, 3.05) is 20.2 Å². The van der Waals surface area contributed by atoms with Crippen molar-refractivity contribution in [1.29, 1.82) is 0 Å². The van der Waals surface area contributed by atoms with Crippen LogP contribution in [0.1, 0.15) is 43.0 Å². The van der Waals surface area contributed by atoms with E-state index in [4.69, 9.17) is 11.6 Å². The van der Waals surface area contributed by atoms with Crippen molar-refractivity contribution in [3.05, 3.63) is 22.7 Å². The SMILES string of the molecule is CCN(CC(=O)OC)C(=O)c1nc(C(C)C)ncc1Cl. The number of rotatable bonds is 5. The Balaban J connectivity index is 3.05. The van der Waals surface area contributed by atoms with Crippen LogP contribution in [0.2, 0.25) is 5.02 Å². The maximum absolute atomic E-state index is 12.4. The van der Waals surface area contributed by atoms with Crippen molar-refractivity contribution < 1.29 is 14.3 Å². The molecule has 0 bridgehead atoms. The number of methoxy groups -OCH3 is 1. The Hall–Kier alpha value is -1.69. The van der Waals surface area contributed by atoms with E-state index in [1.165, 1.54) is 18.2 Å². The van der Waals surface area contributed by atoms with Crippen LogP contribution in [0.5, 0.6) is 0 Å². The van der Waals surface area contributed by atoms with Gasteiger partial charge in [0, 0.05) is 12.5 Å². The van der Waals surface area contributed by atoms with Crippen LogP contribution in [-0.4, -0.2) is 46.9 Å². The molecule has 0 aromatic carbocycles. The second-order valence-corrected chi connectivity index (χ2v) is 4.88. The zero-order chi connectivity index (χ0) is 15.3. The molecular formula is C13H18ClN3O3. The molecule has 7 heteroatoms. The first-order valence-corrected chi connectivity index (χ1v) is 6.67. The highest BCUT2D eigenvalue weighted by Crippen LogP contribution is 2.18. The largest absolute Gasteiger partial charge is 0.468 e. The Kier molecular flexibility index (Phi) is 5.88. The third-order valence-corrected chi connectivity index (χ3v) is 2.97. The predicted octanol–water partition coefficient (Wildman–Crippen LogP) is 1.89. The molecular weight excluding hydrogens is 282 g/mol. The van der Waals surface area contributed by atoms with Gasteiger partial charge in [0.15, 0.2) is 5.69 Å². The lowest BCUT2D eigenvalue weighted by molar-refractivity contribution is -0.141. The minimum atomic E-state index is -0.491. The number of carbonyl (C=O) groups is 2. The fraction of sp³-hybridized carbons (Fsp3) is 0.538. The molecule has 0 radical (unpaired) electrons. The number of amides is 1. The molecule has 0 aliphatic rings. The van der Waals surface area contributed by atoms with E-state index in [-0.39, 0.29) is 23.2 Å². The Labute approximate surface area is 123 Å². The summed E-state index contributed by atoms with van der Waals surface area (Å²) in [6.07, 6.45) is 1.41. The quantitative estimate of drug-likeness (QED) is 0.776. The van der Waals surface area contributed by atoms with Crippen LogP contribution in [-0.2, 0) is 9.53 Å². The minimum absolute atomic E-state index is 0.0782. The second-order valence-electron chi connectivity index (χ2n) is 4.47. The minimum Gasteiger partial charge on any atom is -0.468 e. The normalized spacial score (nSPS) is 10.5. The van der Waals surface area contributed by atoms with Crippen molar-refractivity contribution >= 4 is 23.5 Å².